The Morgan fingerprint density at radius 1 is 1.03 bits per heavy atom. The molecule has 0 spiro atoms. The highest BCUT2D eigenvalue weighted by Gasteiger charge is 2.39. The van der Waals surface area contributed by atoms with Crippen molar-refractivity contribution in [2.75, 3.05) is 11.1 Å². The Bertz CT molecular complexity index is 1170. The Kier molecular flexibility index (Phi) is 5.54. The average molecular weight is 436 g/mol. The zero-order valence-electron chi connectivity index (χ0n) is 16.3. The summed E-state index contributed by atoms with van der Waals surface area (Å²) in [5.41, 5.74) is 0.533. The van der Waals surface area contributed by atoms with E-state index in [1.807, 2.05) is 7.05 Å². The minimum atomic E-state index is -0.942. The van der Waals surface area contributed by atoms with Crippen molar-refractivity contribution in [1.82, 2.24) is 14.6 Å². The number of carbonyl (C=O) groups is 4. The lowest BCUT2D eigenvalue weighted by Crippen LogP contribution is -2.33. The van der Waals surface area contributed by atoms with Crippen LogP contribution in [0.5, 0.6) is 0 Å². The molecule has 156 valence electrons. The molecule has 0 atom stereocenters. The van der Waals surface area contributed by atoms with Gasteiger partial charge in [0.05, 0.1) is 28.1 Å². The van der Waals surface area contributed by atoms with E-state index in [0.717, 1.165) is 0 Å². The summed E-state index contributed by atoms with van der Waals surface area (Å²) in [6.07, 6.45) is 3.40. The maximum absolute atomic E-state index is 12.7. The zero-order valence-corrected chi connectivity index (χ0v) is 17.1. The molecule has 1 aromatic heterocycles. The molecule has 1 aliphatic heterocycles. The van der Waals surface area contributed by atoms with E-state index >= 15 is 0 Å². The lowest BCUT2D eigenvalue weighted by atomic mass is 10.1. The number of rotatable bonds is 6. The van der Waals surface area contributed by atoms with Crippen LogP contribution in [0.2, 0.25) is 0 Å². The number of amides is 3. The second-order valence-electron chi connectivity index (χ2n) is 6.53. The number of hydroxylamine groups is 2. The molecule has 2 aromatic carbocycles. The van der Waals surface area contributed by atoms with Crippen molar-refractivity contribution < 1.29 is 24.0 Å². The van der Waals surface area contributed by atoms with E-state index in [2.05, 4.69) is 10.3 Å². The Labute approximate surface area is 181 Å². The predicted molar refractivity (Wildman–Crippen MR) is 111 cm³/mol. The van der Waals surface area contributed by atoms with Crippen LogP contribution in [-0.2, 0) is 16.7 Å². The molecule has 3 aromatic rings. The molecule has 3 amide bonds. The fraction of sp³-hybridized carbons (Fsp3) is 0.0952. The molecule has 1 N–H and O–H groups in total. The van der Waals surface area contributed by atoms with Crippen molar-refractivity contribution in [3.05, 3.63) is 77.6 Å². The molecular formula is C21H16N4O5S. The summed E-state index contributed by atoms with van der Waals surface area (Å²) in [5.74, 6) is -2.66. The number of benzene rings is 2. The van der Waals surface area contributed by atoms with Crippen LogP contribution >= 0.6 is 11.8 Å². The number of hydrogen-bond acceptors (Lipinski definition) is 7. The van der Waals surface area contributed by atoms with Gasteiger partial charge in [0.2, 0.25) is 5.91 Å². The Balaban J connectivity index is 1.45. The molecule has 31 heavy (non-hydrogen) atoms. The van der Waals surface area contributed by atoms with Crippen LogP contribution in [0.15, 0.2) is 66.1 Å². The summed E-state index contributed by atoms with van der Waals surface area (Å²) in [5, 5.41) is 3.76. The molecule has 0 unspecified atom stereocenters. The quantitative estimate of drug-likeness (QED) is 0.467. The summed E-state index contributed by atoms with van der Waals surface area (Å²) in [6.45, 7) is 0. The smallest absolute Gasteiger partial charge is 0.329 e. The monoisotopic (exact) mass is 436 g/mol. The van der Waals surface area contributed by atoms with Crippen LogP contribution in [0.1, 0.15) is 31.1 Å². The minimum Gasteiger partial charge on any atom is -0.329 e. The highest BCUT2D eigenvalue weighted by Crippen LogP contribution is 2.25. The van der Waals surface area contributed by atoms with E-state index in [4.69, 9.17) is 4.84 Å². The maximum Gasteiger partial charge on any atom is 0.366 e. The highest BCUT2D eigenvalue weighted by atomic mass is 32.2. The van der Waals surface area contributed by atoms with Crippen molar-refractivity contribution in [3.63, 3.8) is 0 Å². The van der Waals surface area contributed by atoms with E-state index in [1.165, 1.54) is 36.0 Å². The lowest BCUT2D eigenvalue weighted by Gasteiger charge is -2.15. The van der Waals surface area contributed by atoms with E-state index in [0.29, 0.717) is 10.2 Å². The van der Waals surface area contributed by atoms with Crippen LogP contribution in [0.3, 0.4) is 0 Å². The van der Waals surface area contributed by atoms with E-state index in [-0.39, 0.29) is 34.0 Å². The van der Waals surface area contributed by atoms with Crippen LogP contribution in [-0.4, -0.2) is 44.1 Å². The Hall–Kier alpha value is -3.92. The summed E-state index contributed by atoms with van der Waals surface area (Å²) in [6, 6.07) is 12.4. The fourth-order valence-corrected chi connectivity index (χ4v) is 3.69. The van der Waals surface area contributed by atoms with E-state index in [1.54, 1.807) is 41.2 Å². The number of hydrogen-bond donors (Lipinski definition) is 1. The highest BCUT2D eigenvalue weighted by molar-refractivity contribution is 7.99. The predicted octanol–water partition coefficient (Wildman–Crippen LogP) is 2.52. The van der Waals surface area contributed by atoms with Crippen molar-refractivity contribution >= 4 is 41.1 Å². The van der Waals surface area contributed by atoms with Gasteiger partial charge in [0.1, 0.15) is 0 Å². The number of nitrogens with zero attached hydrogens (tertiary/aromatic N) is 3. The van der Waals surface area contributed by atoms with Gasteiger partial charge in [0.15, 0.2) is 5.16 Å². The van der Waals surface area contributed by atoms with E-state index < -0.39 is 17.8 Å². The van der Waals surface area contributed by atoms with E-state index in [9.17, 15) is 19.2 Å². The van der Waals surface area contributed by atoms with Gasteiger partial charge in [-0.3, -0.25) is 14.4 Å². The number of carbonyl (C=O) groups excluding carboxylic acids is 4. The number of imide groups is 1. The summed E-state index contributed by atoms with van der Waals surface area (Å²) in [4.78, 5) is 59.1. The number of fused-ring (bicyclic) bond motifs is 1. The molecule has 0 fully saturated rings. The van der Waals surface area contributed by atoms with Crippen molar-refractivity contribution in [2.45, 2.75) is 5.16 Å². The van der Waals surface area contributed by atoms with Gasteiger partial charge in [-0.2, -0.15) is 0 Å². The first-order chi connectivity index (χ1) is 15.0. The molecule has 4 rings (SSSR count). The van der Waals surface area contributed by atoms with Crippen molar-refractivity contribution in [3.8, 4) is 0 Å². The first-order valence-corrected chi connectivity index (χ1v) is 10.1. The number of aryl methyl sites for hydroxylation is 1. The fourth-order valence-electron chi connectivity index (χ4n) is 2.96. The number of thioether (sulfide) groups is 1. The number of anilines is 1. The molecule has 10 heteroatoms. The maximum atomic E-state index is 12.7. The average Bonchev–Trinajstić information content (AvgIpc) is 3.29. The van der Waals surface area contributed by atoms with Crippen LogP contribution in [0, 0.1) is 0 Å². The topological polar surface area (TPSA) is 111 Å². The Morgan fingerprint density at radius 3 is 2.32 bits per heavy atom. The second kappa shape index (κ2) is 8.44. The molecule has 0 aliphatic carbocycles. The third-order valence-electron chi connectivity index (χ3n) is 4.46. The third kappa shape index (κ3) is 4.05. The van der Waals surface area contributed by atoms with Crippen LogP contribution < -0.4 is 5.32 Å². The summed E-state index contributed by atoms with van der Waals surface area (Å²) in [7, 11) is 1.82. The molecule has 1 aliphatic rings. The molecule has 0 saturated heterocycles. The van der Waals surface area contributed by atoms with Gasteiger partial charge in [-0.1, -0.05) is 41.1 Å². The molecule has 0 bridgehead atoms. The third-order valence-corrected chi connectivity index (χ3v) is 5.52. The Morgan fingerprint density at radius 2 is 1.68 bits per heavy atom. The first-order valence-electron chi connectivity index (χ1n) is 9.15. The van der Waals surface area contributed by atoms with Crippen molar-refractivity contribution in [2.24, 2.45) is 7.05 Å². The van der Waals surface area contributed by atoms with Gasteiger partial charge in [-0.15, -0.1) is 0 Å². The number of aromatic nitrogens is 2. The standard InChI is InChI=1S/C21H16N4O5S/c1-24-11-10-22-21(24)31-12-17(26)23-16-9-5-4-8-15(16)20(29)30-25-18(27)13-6-2-3-7-14(13)19(25)28/h2-11H,12H2,1H3,(H,23,26). The van der Waals surface area contributed by atoms with Gasteiger partial charge in [0, 0.05) is 19.4 Å². The van der Waals surface area contributed by atoms with Crippen LogP contribution in [0.25, 0.3) is 0 Å². The SMILES string of the molecule is Cn1ccnc1SCC(=O)Nc1ccccc1C(=O)ON1C(=O)c2ccccc2C1=O. The first kappa shape index (κ1) is 20.4. The number of nitrogens with one attached hydrogen (secondary N) is 1. The van der Waals surface area contributed by atoms with Gasteiger partial charge >= 0.3 is 5.97 Å². The van der Waals surface area contributed by atoms with Gasteiger partial charge < -0.3 is 14.7 Å². The van der Waals surface area contributed by atoms with Crippen molar-refractivity contribution in [1.29, 1.82) is 0 Å². The lowest BCUT2D eigenvalue weighted by molar-refractivity contribution is -0.113. The summed E-state index contributed by atoms with van der Waals surface area (Å²) >= 11 is 1.24. The second-order valence-corrected chi connectivity index (χ2v) is 7.47. The summed E-state index contributed by atoms with van der Waals surface area (Å²) < 4.78 is 1.78. The molecule has 0 radical (unpaired) electrons. The largest absolute Gasteiger partial charge is 0.366 e. The minimum absolute atomic E-state index is 0.00870. The zero-order chi connectivity index (χ0) is 22.0. The van der Waals surface area contributed by atoms with Gasteiger partial charge in [-0.25, -0.2) is 9.78 Å². The number of imidazole rings is 1. The normalized spacial score (nSPS) is 12.6. The number of para-hydroxylation sites is 1. The molecule has 2 heterocycles. The molecule has 9 nitrogen and oxygen atoms in total. The molecular weight excluding hydrogens is 420 g/mol. The van der Waals surface area contributed by atoms with Gasteiger partial charge in [0.25, 0.3) is 11.8 Å². The molecule has 0 saturated carbocycles. The van der Waals surface area contributed by atoms with Gasteiger partial charge in [-0.05, 0) is 24.3 Å². The van der Waals surface area contributed by atoms with Crippen LogP contribution in [0.4, 0.5) is 5.69 Å².